The molecule has 0 saturated carbocycles. The number of amides is 1. The fourth-order valence-electron chi connectivity index (χ4n) is 3.53. The summed E-state index contributed by atoms with van der Waals surface area (Å²) in [6, 6.07) is 1.30. The van der Waals surface area contributed by atoms with Crippen LogP contribution >= 0.6 is 0 Å². The predicted octanol–water partition coefficient (Wildman–Crippen LogP) is 2.37. The van der Waals surface area contributed by atoms with E-state index in [0.717, 1.165) is 18.8 Å². The fraction of sp³-hybridized carbons (Fsp3) is 0.625. The van der Waals surface area contributed by atoms with Crippen molar-refractivity contribution < 1.29 is 18.0 Å². The van der Waals surface area contributed by atoms with Gasteiger partial charge in [-0.3, -0.25) is 9.69 Å². The number of pyridine rings is 1. The third-order valence-electron chi connectivity index (χ3n) is 5.00. The van der Waals surface area contributed by atoms with Gasteiger partial charge in [-0.05, 0) is 26.8 Å². The molecule has 1 atom stereocenters. The van der Waals surface area contributed by atoms with Gasteiger partial charge < -0.3 is 9.80 Å². The second-order valence-electron chi connectivity index (χ2n) is 6.92. The molecule has 0 bridgehead atoms. The number of anilines is 2. The Morgan fingerprint density at radius 1 is 1.29 bits per heavy atom. The van der Waals surface area contributed by atoms with Crippen molar-refractivity contribution in [1.82, 2.24) is 9.88 Å². The van der Waals surface area contributed by atoms with Crippen LogP contribution in [0.5, 0.6) is 0 Å². The number of carbonyl (C=O) groups is 1. The number of hydrogen-bond acceptors (Lipinski definition) is 4. The number of carbonyl (C=O) groups excluding carboxylic acids is 1. The Kier molecular flexibility index (Phi) is 3.78. The van der Waals surface area contributed by atoms with E-state index in [1.165, 1.54) is 11.9 Å². The minimum Gasteiger partial charge on any atom is -0.338 e. The van der Waals surface area contributed by atoms with Crippen LogP contribution in [0.1, 0.15) is 26.3 Å². The number of alkyl halides is 3. The highest BCUT2D eigenvalue weighted by molar-refractivity contribution is 6.07. The lowest BCUT2D eigenvalue weighted by Gasteiger charge is -2.53. The zero-order valence-electron chi connectivity index (χ0n) is 14.2. The van der Waals surface area contributed by atoms with E-state index in [2.05, 4.69) is 23.7 Å². The summed E-state index contributed by atoms with van der Waals surface area (Å²) in [6.07, 6.45) is -3.64. The van der Waals surface area contributed by atoms with Crippen LogP contribution in [0, 0.1) is 0 Å². The summed E-state index contributed by atoms with van der Waals surface area (Å²) in [6.45, 7) is 7.79. The van der Waals surface area contributed by atoms with Crippen molar-refractivity contribution in [2.24, 2.45) is 0 Å². The number of aromatic nitrogens is 1. The highest BCUT2D eigenvalue weighted by Crippen LogP contribution is 2.42. The standard InChI is InChI=1S/C16H21F3N4O/c1-10(2)22-5-6-23-13-12(7-11(8-20-13)16(17,18)19)21(4)14(24)15(23,3)9-22/h7-8,10H,5-6,9H2,1-4H3/t15-/m0/s1. The van der Waals surface area contributed by atoms with Crippen LogP contribution in [-0.4, -0.2) is 54.1 Å². The van der Waals surface area contributed by atoms with Crippen molar-refractivity contribution in [1.29, 1.82) is 0 Å². The highest BCUT2D eigenvalue weighted by Gasteiger charge is 2.51. The minimum absolute atomic E-state index is 0.207. The SMILES string of the molecule is CC(C)N1CCN2c3ncc(C(F)(F)F)cc3N(C)C(=O)[C@]2(C)C1. The molecule has 0 unspecified atom stereocenters. The smallest absolute Gasteiger partial charge is 0.338 e. The van der Waals surface area contributed by atoms with E-state index < -0.39 is 17.3 Å². The first-order valence-corrected chi connectivity index (χ1v) is 7.93. The van der Waals surface area contributed by atoms with Crippen LogP contribution in [0.2, 0.25) is 0 Å². The average Bonchev–Trinajstić information content (AvgIpc) is 2.51. The summed E-state index contributed by atoms with van der Waals surface area (Å²) < 4.78 is 38.9. The van der Waals surface area contributed by atoms with Gasteiger partial charge in [0.05, 0.1) is 11.3 Å². The van der Waals surface area contributed by atoms with Crippen molar-refractivity contribution in [3.8, 4) is 0 Å². The molecule has 5 nitrogen and oxygen atoms in total. The molecule has 3 heterocycles. The molecule has 0 aliphatic carbocycles. The molecule has 0 aromatic carbocycles. The van der Waals surface area contributed by atoms with Gasteiger partial charge in [0.15, 0.2) is 5.82 Å². The maximum Gasteiger partial charge on any atom is 0.417 e. The molecule has 1 aromatic rings. The third kappa shape index (κ3) is 2.44. The lowest BCUT2D eigenvalue weighted by atomic mass is 9.90. The van der Waals surface area contributed by atoms with Crippen LogP contribution in [0.15, 0.2) is 12.3 Å². The number of fused-ring (bicyclic) bond motifs is 3. The normalized spacial score (nSPS) is 25.1. The Hall–Kier alpha value is -1.83. The van der Waals surface area contributed by atoms with E-state index in [9.17, 15) is 18.0 Å². The van der Waals surface area contributed by atoms with Crippen molar-refractivity contribution in [2.75, 3.05) is 36.5 Å². The third-order valence-corrected chi connectivity index (χ3v) is 5.00. The van der Waals surface area contributed by atoms with Gasteiger partial charge in [-0.25, -0.2) is 4.98 Å². The topological polar surface area (TPSA) is 39.7 Å². The summed E-state index contributed by atoms with van der Waals surface area (Å²) in [7, 11) is 1.51. The van der Waals surface area contributed by atoms with Crippen molar-refractivity contribution in [2.45, 2.75) is 38.5 Å². The van der Waals surface area contributed by atoms with E-state index in [0.29, 0.717) is 24.9 Å². The van der Waals surface area contributed by atoms with Crippen LogP contribution < -0.4 is 9.80 Å². The molecule has 1 amide bonds. The molecule has 0 radical (unpaired) electrons. The first-order valence-electron chi connectivity index (χ1n) is 7.93. The number of likely N-dealkylation sites (N-methyl/N-ethyl adjacent to an activating group) is 1. The fourth-order valence-corrected chi connectivity index (χ4v) is 3.53. The number of nitrogens with zero attached hydrogens (tertiary/aromatic N) is 4. The molecule has 1 fully saturated rings. The maximum absolute atomic E-state index is 13.0. The first-order chi connectivity index (χ1) is 11.1. The van der Waals surface area contributed by atoms with Crippen molar-refractivity contribution >= 4 is 17.4 Å². The molecule has 0 N–H and O–H groups in total. The van der Waals surface area contributed by atoms with Crippen molar-refractivity contribution in [3.63, 3.8) is 0 Å². The predicted molar refractivity (Wildman–Crippen MR) is 85.1 cm³/mol. The van der Waals surface area contributed by atoms with Crippen LogP contribution in [0.4, 0.5) is 24.7 Å². The van der Waals surface area contributed by atoms with Crippen molar-refractivity contribution in [3.05, 3.63) is 17.8 Å². The Morgan fingerprint density at radius 3 is 2.54 bits per heavy atom. The largest absolute Gasteiger partial charge is 0.417 e. The van der Waals surface area contributed by atoms with Gasteiger partial charge >= 0.3 is 6.18 Å². The molecule has 3 rings (SSSR count). The number of piperazine rings is 1. The summed E-state index contributed by atoms with van der Waals surface area (Å²) >= 11 is 0. The van der Waals surface area contributed by atoms with Gasteiger partial charge in [0.25, 0.3) is 5.91 Å². The molecule has 0 spiro atoms. The number of rotatable bonds is 1. The molecular formula is C16H21F3N4O. The Balaban J connectivity index is 2.07. The molecule has 2 aliphatic rings. The lowest BCUT2D eigenvalue weighted by molar-refractivity contribution is -0.138. The molecule has 24 heavy (non-hydrogen) atoms. The summed E-state index contributed by atoms with van der Waals surface area (Å²) in [5.41, 5.74) is -1.45. The Bertz CT molecular complexity index is 676. The molecule has 1 saturated heterocycles. The lowest BCUT2D eigenvalue weighted by Crippen LogP contribution is -2.70. The Labute approximate surface area is 139 Å². The first kappa shape index (κ1) is 17.0. The second kappa shape index (κ2) is 5.34. The second-order valence-corrected chi connectivity index (χ2v) is 6.92. The molecule has 1 aromatic heterocycles. The van der Waals surface area contributed by atoms with Gasteiger partial charge in [0.2, 0.25) is 0 Å². The van der Waals surface area contributed by atoms with Crippen LogP contribution in [0.3, 0.4) is 0 Å². The van der Waals surface area contributed by atoms with Crippen LogP contribution in [0.25, 0.3) is 0 Å². The minimum atomic E-state index is -4.48. The molecule has 8 heteroatoms. The van der Waals surface area contributed by atoms with Gasteiger partial charge in [-0.15, -0.1) is 0 Å². The monoisotopic (exact) mass is 342 g/mol. The Morgan fingerprint density at radius 2 is 1.96 bits per heavy atom. The van der Waals surface area contributed by atoms with E-state index in [4.69, 9.17) is 0 Å². The summed E-state index contributed by atoms with van der Waals surface area (Å²) in [5.74, 6) is 0.234. The van der Waals surface area contributed by atoms with Gasteiger partial charge in [0, 0.05) is 38.9 Å². The molecule has 2 aliphatic heterocycles. The summed E-state index contributed by atoms with van der Waals surface area (Å²) in [4.78, 5) is 22.3. The van der Waals surface area contributed by atoms with E-state index in [1.54, 1.807) is 0 Å². The van der Waals surface area contributed by atoms with Gasteiger partial charge in [0.1, 0.15) is 5.54 Å². The summed E-state index contributed by atoms with van der Waals surface area (Å²) in [5, 5.41) is 0. The van der Waals surface area contributed by atoms with E-state index in [1.807, 2.05) is 11.8 Å². The average molecular weight is 342 g/mol. The number of halogens is 3. The number of hydrogen-bond donors (Lipinski definition) is 0. The molecule has 132 valence electrons. The zero-order chi connectivity index (χ0) is 17.9. The zero-order valence-corrected chi connectivity index (χ0v) is 14.2. The maximum atomic E-state index is 13.0. The van der Waals surface area contributed by atoms with E-state index in [-0.39, 0.29) is 11.6 Å². The molecular weight excluding hydrogens is 321 g/mol. The highest BCUT2D eigenvalue weighted by atomic mass is 19.4. The van der Waals surface area contributed by atoms with Gasteiger partial charge in [-0.1, -0.05) is 0 Å². The van der Waals surface area contributed by atoms with Crippen LogP contribution in [-0.2, 0) is 11.0 Å². The quantitative estimate of drug-likeness (QED) is 0.786. The van der Waals surface area contributed by atoms with Gasteiger partial charge in [-0.2, -0.15) is 13.2 Å². The van der Waals surface area contributed by atoms with E-state index >= 15 is 0 Å².